The molecule has 0 saturated carbocycles. The minimum absolute atomic E-state index is 0.00259. The van der Waals surface area contributed by atoms with Gasteiger partial charge >= 0.3 is 0 Å². The standard InChI is InChI=1S/C14H23NO/c1-6-11-15(4)14(2,3)12-9-7-8-10-13(12)16-5/h7-10H,6,11H2,1-5H3. The molecule has 0 bridgehead atoms. The fraction of sp³-hybridized carbons (Fsp3) is 0.571. The highest BCUT2D eigenvalue weighted by atomic mass is 16.5. The Morgan fingerprint density at radius 3 is 2.44 bits per heavy atom. The largest absolute Gasteiger partial charge is 0.496 e. The van der Waals surface area contributed by atoms with Gasteiger partial charge in [-0.2, -0.15) is 0 Å². The van der Waals surface area contributed by atoms with E-state index in [1.54, 1.807) is 7.11 Å². The van der Waals surface area contributed by atoms with E-state index in [1.807, 2.05) is 12.1 Å². The summed E-state index contributed by atoms with van der Waals surface area (Å²) in [6.45, 7) is 7.76. The number of benzene rings is 1. The molecule has 90 valence electrons. The quantitative estimate of drug-likeness (QED) is 0.756. The summed E-state index contributed by atoms with van der Waals surface area (Å²) in [7, 11) is 3.89. The van der Waals surface area contributed by atoms with E-state index in [-0.39, 0.29) is 5.54 Å². The lowest BCUT2D eigenvalue weighted by Gasteiger charge is -2.36. The van der Waals surface area contributed by atoms with Gasteiger partial charge in [0, 0.05) is 11.1 Å². The Labute approximate surface area is 99.2 Å². The van der Waals surface area contributed by atoms with Gasteiger partial charge in [-0.3, -0.25) is 4.90 Å². The average molecular weight is 221 g/mol. The molecular formula is C14H23NO. The summed E-state index contributed by atoms with van der Waals surface area (Å²) in [5.74, 6) is 0.968. The molecule has 0 aliphatic rings. The number of methoxy groups -OCH3 is 1. The molecule has 0 amide bonds. The van der Waals surface area contributed by atoms with Crippen molar-refractivity contribution < 1.29 is 4.74 Å². The van der Waals surface area contributed by atoms with Crippen LogP contribution in [0.1, 0.15) is 32.8 Å². The molecule has 0 aliphatic heterocycles. The highest BCUT2D eigenvalue weighted by Gasteiger charge is 2.27. The minimum atomic E-state index is 0.00259. The second-order valence-electron chi connectivity index (χ2n) is 4.68. The molecule has 0 aliphatic carbocycles. The first-order chi connectivity index (χ1) is 7.54. The van der Waals surface area contributed by atoms with Crippen molar-refractivity contribution >= 4 is 0 Å². The molecular weight excluding hydrogens is 198 g/mol. The zero-order valence-electron chi connectivity index (χ0n) is 11.1. The van der Waals surface area contributed by atoms with Crippen LogP contribution in [0.5, 0.6) is 5.75 Å². The lowest BCUT2D eigenvalue weighted by molar-refractivity contribution is 0.153. The molecule has 0 N–H and O–H groups in total. The smallest absolute Gasteiger partial charge is 0.123 e. The number of nitrogens with zero attached hydrogens (tertiary/aromatic N) is 1. The summed E-state index contributed by atoms with van der Waals surface area (Å²) in [4.78, 5) is 2.37. The molecule has 1 rings (SSSR count). The second-order valence-corrected chi connectivity index (χ2v) is 4.68. The topological polar surface area (TPSA) is 12.5 Å². The zero-order valence-corrected chi connectivity index (χ0v) is 11.1. The van der Waals surface area contributed by atoms with E-state index in [4.69, 9.17) is 4.74 Å². The Morgan fingerprint density at radius 2 is 1.88 bits per heavy atom. The third kappa shape index (κ3) is 2.56. The van der Waals surface area contributed by atoms with Gasteiger partial charge in [0.05, 0.1) is 7.11 Å². The molecule has 1 aromatic rings. The second kappa shape index (κ2) is 5.35. The maximum absolute atomic E-state index is 5.43. The summed E-state index contributed by atoms with van der Waals surface area (Å²) < 4.78 is 5.43. The number of para-hydroxylation sites is 1. The van der Waals surface area contributed by atoms with Crippen molar-refractivity contribution in [2.24, 2.45) is 0 Å². The molecule has 2 nitrogen and oxygen atoms in total. The van der Waals surface area contributed by atoms with Crippen molar-refractivity contribution in [1.82, 2.24) is 4.90 Å². The van der Waals surface area contributed by atoms with Gasteiger partial charge in [-0.05, 0) is 39.9 Å². The molecule has 0 aromatic heterocycles. The van der Waals surface area contributed by atoms with Gasteiger partial charge in [0.1, 0.15) is 5.75 Å². The first-order valence-corrected chi connectivity index (χ1v) is 5.88. The van der Waals surface area contributed by atoms with Gasteiger partial charge in [-0.15, -0.1) is 0 Å². The normalized spacial score (nSPS) is 11.9. The molecule has 0 spiro atoms. The van der Waals surface area contributed by atoms with Crippen molar-refractivity contribution in [2.45, 2.75) is 32.7 Å². The molecule has 1 aromatic carbocycles. The average Bonchev–Trinajstić information content (AvgIpc) is 2.29. The third-order valence-electron chi connectivity index (χ3n) is 3.28. The van der Waals surface area contributed by atoms with Crippen LogP contribution >= 0.6 is 0 Å². The first-order valence-electron chi connectivity index (χ1n) is 5.88. The van der Waals surface area contributed by atoms with Crippen LogP contribution in [0.2, 0.25) is 0 Å². The van der Waals surface area contributed by atoms with Crippen LogP contribution in [0, 0.1) is 0 Å². The molecule has 0 heterocycles. The molecule has 0 fully saturated rings. The van der Waals surface area contributed by atoms with Crippen LogP contribution in [0.3, 0.4) is 0 Å². The van der Waals surface area contributed by atoms with E-state index in [0.29, 0.717) is 0 Å². The number of hydrogen-bond donors (Lipinski definition) is 0. The van der Waals surface area contributed by atoms with E-state index < -0.39 is 0 Å². The zero-order chi connectivity index (χ0) is 12.2. The predicted octanol–water partition coefficient (Wildman–Crippen LogP) is 3.27. The van der Waals surface area contributed by atoms with Crippen molar-refractivity contribution in [3.63, 3.8) is 0 Å². The van der Waals surface area contributed by atoms with Gasteiger partial charge in [0.2, 0.25) is 0 Å². The van der Waals surface area contributed by atoms with Crippen LogP contribution < -0.4 is 4.74 Å². The summed E-state index contributed by atoms with van der Waals surface area (Å²) in [5.41, 5.74) is 1.25. The third-order valence-corrected chi connectivity index (χ3v) is 3.28. The number of hydrogen-bond acceptors (Lipinski definition) is 2. The van der Waals surface area contributed by atoms with Gasteiger partial charge in [-0.1, -0.05) is 25.1 Å². The molecule has 0 radical (unpaired) electrons. The molecule has 0 unspecified atom stereocenters. The summed E-state index contributed by atoms with van der Waals surface area (Å²) in [5, 5.41) is 0. The lowest BCUT2D eigenvalue weighted by atomic mass is 9.91. The number of ether oxygens (including phenoxy) is 1. The fourth-order valence-corrected chi connectivity index (χ4v) is 1.97. The van der Waals surface area contributed by atoms with Gasteiger partial charge < -0.3 is 4.74 Å². The van der Waals surface area contributed by atoms with Crippen molar-refractivity contribution in [2.75, 3.05) is 20.7 Å². The summed E-state index contributed by atoms with van der Waals surface area (Å²) in [6.07, 6.45) is 1.16. The maximum atomic E-state index is 5.43. The summed E-state index contributed by atoms with van der Waals surface area (Å²) in [6, 6.07) is 8.25. The molecule has 16 heavy (non-hydrogen) atoms. The van der Waals surface area contributed by atoms with E-state index in [0.717, 1.165) is 18.7 Å². The lowest BCUT2D eigenvalue weighted by Crippen LogP contribution is -2.39. The van der Waals surface area contributed by atoms with Crippen molar-refractivity contribution in [3.05, 3.63) is 29.8 Å². The highest BCUT2D eigenvalue weighted by molar-refractivity contribution is 5.38. The van der Waals surface area contributed by atoms with Crippen molar-refractivity contribution in [3.8, 4) is 5.75 Å². The monoisotopic (exact) mass is 221 g/mol. The van der Waals surface area contributed by atoms with Gasteiger partial charge in [0.25, 0.3) is 0 Å². The Kier molecular flexibility index (Phi) is 4.36. The summed E-state index contributed by atoms with van der Waals surface area (Å²) >= 11 is 0. The minimum Gasteiger partial charge on any atom is -0.496 e. The Bertz CT molecular complexity index is 333. The first kappa shape index (κ1) is 13.0. The van der Waals surface area contributed by atoms with Gasteiger partial charge in [-0.25, -0.2) is 0 Å². The molecule has 2 heteroatoms. The van der Waals surface area contributed by atoms with Crippen LogP contribution in [-0.4, -0.2) is 25.6 Å². The van der Waals surface area contributed by atoms with Crippen molar-refractivity contribution in [1.29, 1.82) is 0 Å². The van der Waals surface area contributed by atoms with Crippen LogP contribution in [-0.2, 0) is 5.54 Å². The Balaban J connectivity index is 3.05. The van der Waals surface area contributed by atoms with E-state index in [1.165, 1.54) is 5.56 Å². The van der Waals surface area contributed by atoms with Crippen LogP contribution in [0.25, 0.3) is 0 Å². The van der Waals surface area contributed by atoms with Crippen LogP contribution in [0.15, 0.2) is 24.3 Å². The van der Waals surface area contributed by atoms with Gasteiger partial charge in [0.15, 0.2) is 0 Å². The Hall–Kier alpha value is -1.02. The van der Waals surface area contributed by atoms with Crippen LogP contribution in [0.4, 0.5) is 0 Å². The van der Waals surface area contributed by atoms with E-state index in [2.05, 4.69) is 44.9 Å². The molecule has 0 atom stereocenters. The fourth-order valence-electron chi connectivity index (χ4n) is 1.97. The van der Waals surface area contributed by atoms with E-state index >= 15 is 0 Å². The highest BCUT2D eigenvalue weighted by Crippen LogP contribution is 2.33. The Morgan fingerprint density at radius 1 is 1.25 bits per heavy atom. The molecule has 0 saturated heterocycles. The predicted molar refractivity (Wildman–Crippen MR) is 68.9 cm³/mol. The SMILES string of the molecule is CCCN(C)C(C)(C)c1ccccc1OC. The van der Waals surface area contributed by atoms with E-state index in [9.17, 15) is 0 Å². The number of rotatable bonds is 5. The maximum Gasteiger partial charge on any atom is 0.123 e.